The lowest BCUT2D eigenvalue weighted by atomic mass is 10.4. The molecule has 86 valence electrons. The van der Waals surface area contributed by atoms with Crippen molar-refractivity contribution < 1.29 is 21.6 Å². The van der Waals surface area contributed by atoms with Gasteiger partial charge in [0.1, 0.15) is 0 Å². The molecule has 0 aliphatic heterocycles. The van der Waals surface area contributed by atoms with Crippen molar-refractivity contribution in [2.45, 2.75) is 12.6 Å². The minimum absolute atomic E-state index is 0.210. The molecule has 0 heterocycles. The Balaban J connectivity index is 3.78. The van der Waals surface area contributed by atoms with E-state index in [-0.39, 0.29) is 12.3 Å². The Morgan fingerprint density at radius 1 is 1.21 bits per heavy atom. The Kier molecular flexibility index (Phi) is 5.38. The molecule has 0 amide bonds. The van der Waals surface area contributed by atoms with Gasteiger partial charge in [-0.25, -0.2) is 13.1 Å². The Bertz CT molecular complexity index is 250. The molecule has 0 saturated carbocycles. The van der Waals surface area contributed by atoms with Crippen molar-refractivity contribution in [2.24, 2.45) is 0 Å². The smallest absolute Gasteiger partial charge is 0.319 e. The summed E-state index contributed by atoms with van der Waals surface area (Å²) in [6.07, 6.45) is -5.47. The van der Waals surface area contributed by atoms with Crippen LogP contribution in [0.5, 0.6) is 0 Å². The van der Waals surface area contributed by atoms with Crippen LogP contribution < -0.4 is 10.0 Å². The summed E-state index contributed by atoms with van der Waals surface area (Å²) in [6.45, 7) is -0.392. The maximum absolute atomic E-state index is 11.6. The third-order valence-electron chi connectivity index (χ3n) is 1.35. The Labute approximate surface area is 80.9 Å². The van der Waals surface area contributed by atoms with Gasteiger partial charge < -0.3 is 5.32 Å². The van der Waals surface area contributed by atoms with Crippen LogP contribution in [0.15, 0.2) is 0 Å². The molecular weight excluding hydrogens is 221 g/mol. The average Bonchev–Trinajstić information content (AvgIpc) is 1.98. The van der Waals surface area contributed by atoms with Gasteiger partial charge in [-0.2, -0.15) is 13.2 Å². The molecule has 0 aliphatic rings. The first kappa shape index (κ1) is 13.7. The molecular formula is C6H13F3N2O2S. The number of halogens is 3. The summed E-state index contributed by atoms with van der Waals surface area (Å²) in [7, 11) is -2.02. The lowest BCUT2D eigenvalue weighted by molar-refractivity contribution is -0.132. The van der Waals surface area contributed by atoms with Gasteiger partial charge in [-0.05, 0) is 7.05 Å². The molecule has 0 aliphatic carbocycles. The van der Waals surface area contributed by atoms with Crippen LogP contribution in [0.1, 0.15) is 6.42 Å². The van der Waals surface area contributed by atoms with Crippen LogP contribution in [0.4, 0.5) is 13.2 Å². The molecule has 14 heavy (non-hydrogen) atoms. The van der Waals surface area contributed by atoms with Gasteiger partial charge in [-0.1, -0.05) is 0 Å². The number of hydrogen-bond acceptors (Lipinski definition) is 3. The first-order valence-electron chi connectivity index (χ1n) is 3.95. The summed E-state index contributed by atoms with van der Waals surface area (Å²) in [5.74, 6) is -0.221. The van der Waals surface area contributed by atoms with Crippen molar-refractivity contribution >= 4 is 10.0 Å². The molecule has 0 bridgehead atoms. The average molecular weight is 234 g/mol. The molecule has 0 rings (SSSR count). The van der Waals surface area contributed by atoms with Gasteiger partial charge in [0.25, 0.3) is 0 Å². The predicted octanol–water partition coefficient (Wildman–Crippen LogP) is 0.0776. The maximum atomic E-state index is 11.6. The second-order valence-corrected chi connectivity index (χ2v) is 4.61. The normalized spacial score (nSPS) is 13.1. The fourth-order valence-corrected chi connectivity index (χ4v) is 1.69. The zero-order chi connectivity index (χ0) is 11.2. The van der Waals surface area contributed by atoms with Crippen LogP contribution in [0, 0.1) is 0 Å². The molecule has 8 heteroatoms. The standard InChI is InChI=1S/C6H13F3N2O2S/c1-10-4-5-14(12,13)11-3-2-6(7,8)9/h10-11H,2-5H2,1H3. The summed E-state index contributed by atoms with van der Waals surface area (Å²) in [4.78, 5) is 0. The first-order valence-corrected chi connectivity index (χ1v) is 5.61. The molecule has 4 nitrogen and oxygen atoms in total. The minimum Gasteiger partial charge on any atom is -0.319 e. The number of rotatable bonds is 6. The fraction of sp³-hybridized carbons (Fsp3) is 1.00. The van der Waals surface area contributed by atoms with Crippen molar-refractivity contribution in [2.75, 3.05) is 25.9 Å². The van der Waals surface area contributed by atoms with Crippen molar-refractivity contribution in [1.29, 1.82) is 0 Å². The van der Waals surface area contributed by atoms with Gasteiger partial charge in [-0.3, -0.25) is 0 Å². The minimum atomic E-state index is -4.33. The highest BCUT2D eigenvalue weighted by atomic mass is 32.2. The monoisotopic (exact) mass is 234 g/mol. The van der Waals surface area contributed by atoms with Gasteiger partial charge in [0, 0.05) is 13.1 Å². The molecule has 0 spiro atoms. The summed E-state index contributed by atoms with van der Waals surface area (Å²) in [6, 6.07) is 0. The quantitative estimate of drug-likeness (QED) is 0.684. The van der Waals surface area contributed by atoms with Crippen LogP contribution in [0.2, 0.25) is 0 Å². The van der Waals surface area contributed by atoms with Crippen LogP contribution in [-0.2, 0) is 10.0 Å². The van der Waals surface area contributed by atoms with Gasteiger partial charge in [0.05, 0.1) is 12.2 Å². The van der Waals surface area contributed by atoms with E-state index in [4.69, 9.17) is 0 Å². The van der Waals surface area contributed by atoms with E-state index in [0.29, 0.717) is 0 Å². The SMILES string of the molecule is CNCCS(=O)(=O)NCCC(F)(F)F. The van der Waals surface area contributed by atoms with Crippen molar-refractivity contribution in [3.8, 4) is 0 Å². The molecule has 0 saturated heterocycles. The van der Waals surface area contributed by atoms with Gasteiger partial charge >= 0.3 is 6.18 Å². The highest BCUT2D eigenvalue weighted by molar-refractivity contribution is 7.89. The number of alkyl halides is 3. The molecule has 0 unspecified atom stereocenters. The predicted molar refractivity (Wildman–Crippen MR) is 46.4 cm³/mol. The second kappa shape index (κ2) is 5.52. The largest absolute Gasteiger partial charge is 0.390 e. The molecule has 0 aromatic heterocycles. The van der Waals surface area contributed by atoms with E-state index in [2.05, 4.69) is 5.32 Å². The Morgan fingerprint density at radius 3 is 2.21 bits per heavy atom. The van der Waals surface area contributed by atoms with Crippen LogP contribution >= 0.6 is 0 Å². The molecule has 0 radical (unpaired) electrons. The van der Waals surface area contributed by atoms with Crippen molar-refractivity contribution in [3.63, 3.8) is 0 Å². The number of hydrogen-bond donors (Lipinski definition) is 2. The van der Waals surface area contributed by atoms with Gasteiger partial charge in [0.2, 0.25) is 10.0 Å². The molecule has 0 fully saturated rings. The molecule has 0 atom stereocenters. The lowest BCUT2D eigenvalue weighted by Crippen LogP contribution is -2.33. The third kappa shape index (κ3) is 8.27. The van der Waals surface area contributed by atoms with E-state index in [9.17, 15) is 21.6 Å². The zero-order valence-corrected chi connectivity index (χ0v) is 8.50. The van der Waals surface area contributed by atoms with E-state index in [1.165, 1.54) is 0 Å². The highest BCUT2D eigenvalue weighted by Gasteiger charge is 2.27. The van der Waals surface area contributed by atoms with Crippen LogP contribution in [0.25, 0.3) is 0 Å². The summed E-state index contributed by atoms with van der Waals surface area (Å²) >= 11 is 0. The number of nitrogens with one attached hydrogen (secondary N) is 2. The molecule has 2 N–H and O–H groups in total. The summed E-state index contributed by atoms with van der Waals surface area (Å²) < 4.78 is 58.7. The van der Waals surface area contributed by atoms with E-state index < -0.39 is 29.2 Å². The van der Waals surface area contributed by atoms with Crippen molar-refractivity contribution in [1.82, 2.24) is 10.0 Å². The second-order valence-electron chi connectivity index (χ2n) is 2.68. The highest BCUT2D eigenvalue weighted by Crippen LogP contribution is 2.18. The summed E-state index contributed by atoms with van der Waals surface area (Å²) in [5, 5.41) is 2.59. The van der Waals surface area contributed by atoms with E-state index >= 15 is 0 Å². The topological polar surface area (TPSA) is 58.2 Å². The van der Waals surface area contributed by atoms with Gasteiger partial charge in [0.15, 0.2) is 0 Å². The third-order valence-corrected chi connectivity index (χ3v) is 2.74. The number of sulfonamides is 1. The van der Waals surface area contributed by atoms with E-state index in [1.54, 1.807) is 7.05 Å². The van der Waals surface area contributed by atoms with Crippen LogP contribution in [0.3, 0.4) is 0 Å². The Morgan fingerprint density at radius 2 is 1.79 bits per heavy atom. The maximum Gasteiger partial charge on any atom is 0.390 e. The van der Waals surface area contributed by atoms with E-state index in [1.807, 2.05) is 4.72 Å². The lowest BCUT2D eigenvalue weighted by Gasteiger charge is -2.08. The summed E-state index contributed by atoms with van der Waals surface area (Å²) in [5.41, 5.74) is 0. The van der Waals surface area contributed by atoms with Gasteiger partial charge in [-0.15, -0.1) is 0 Å². The van der Waals surface area contributed by atoms with Crippen LogP contribution in [-0.4, -0.2) is 40.5 Å². The fourth-order valence-electron chi connectivity index (χ4n) is 0.657. The zero-order valence-electron chi connectivity index (χ0n) is 7.69. The molecule has 0 aromatic rings. The van der Waals surface area contributed by atoms with E-state index in [0.717, 1.165) is 0 Å². The van der Waals surface area contributed by atoms with Crippen molar-refractivity contribution in [3.05, 3.63) is 0 Å². The molecule has 0 aromatic carbocycles. The Hall–Kier alpha value is -0.340. The first-order chi connectivity index (χ1) is 6.27.